The van der Waals surface area contributed by atoms with Gasteiger partial charge in [-0.3, -0.25) is 4.79 Å². The number of hydrogen-bond acceptors (Lipinski definition) is 16. The molecule has 17 nitrogen and oxygen atoms in total. The summed E-state index contributed by atoms with van der Waals surface area (Å²) in [7, 11) is 2.58. The molecule has 4 aliphatic heterocycles. The Morgan fingerprint density at radius 1 is 0.614 bits per heavy atom. The highest BCUT2D eigenvalue weighted by Crippen LogP contribution is 2.52. The number of nitrogens with one attached hydrogen (secondary N) is 2. The van der Waals surface area contributed by atoms with Gasteiger partial charge < -0.3 is 44.1 Å². The summed E-state index contributed by atoms with van der Waals surface area (Å²) in [6, 6.07) is 5.71. The lowest BCUT2D eigenvalue weighted by molar-refractivity contribution is 0.000238. The van der Waals surface area contributed by atoms with Gasteiger partial charge in [0.15, 0.2) is 11.4 Å². The van der Waals surface area contributed by atoms with E-state index >= 15 is 0 Å². The lowest BCUT2D eigenvalue weighted by Crippen LogP contribution is -2.40. The second-order valence-electron chi connectivity index (χ2n) is 25.8. The van der Waals surface area contributed by atoms with Crippen molar-refractivity contribution < 1.29 is 38.1 Å². The van der Waals surface area contributed by atoms with Crippen molar-refractivity contribution in [2.24, 2.45) is 34.0 Å². The zero-order valence-corrected chi connectivity index (χ0v) is 49.7. The molecule has 454 valence electrons. The summed E-state index contributed by atoms with van der Waals surface area (Å²) in [6.07, 6.45) is 16.3. The Balaban J connectivity index is 0.000000164. The van der Waals surface area contributed by atoms with E-state index in [4.69, 9.17) is 40.8 Å². The summed E-state index contributed by atoms with van der Waals surface area (Å²) in [5.41, 5.74) is 9.05. The number of aromatic nitrogens is 3. The van der Waals surface area contributed by atoms with Gasteiger partial charge >= 0.3 is 11.9 Å². The Morgan fingerprint density at radius 3 is 1.51 bits per heavy atom. The number of nitriles is 2. The maximum absolute atomic E-state index is 12.1. The van der Waals surface area contributed by atoms with E-state index in [2.05, 4.69) is 75.8 Å². The topological polar surface area (TPSA) is 214 Å². The van der Waals surface area contributed by atoms with Crippen LogP contribution in [0.5, 0.6) is 0 Å². The van der Waals surface area contributed by atoms with Gasteiger partial charge in [0, 0.05) is 49.0 Å². The zero-order valence-electron chi connectivity index (χ0n) is 48.9. The number of esters is 2. The van der Waals surface area contributed by atoms with E-state index in [-0.39, 0.29) is 55.9 Å². The number of pyridine rings is 3. The highest BCUT2D eigenvalue weighted by molar-refractivity contribution is 6.30. The second-order valence-corrected chi connectivity index (χ2v) is 26.2. The van der Waals surface area contributed by atoms with Crippen molar-refractivity contribution in [2.75, 3.05) is 63.5 Å². The molecular formula is C65H94ClN9O8. The number of carbonyl (C=O) groups is 3. The largest absolute Gasteiger partial charge is 0.465 e. The maximum Gasteiger partial charge on any atom is 0.341 e. The van der Waals surface area contributed by atoms with Crippen LogP contribution in [0.25, 0.3) is 0 Å². The molecule has 0 spiro atoms. The molecule has 18 heteroatoms. The molecule has 83 heavy (non-hydrogen) atoms. The van der Waals surface area contributed by atoms with Crippen LogP contribution in [0.4, 0.5) is 11.6 Å². The Kier molecular flexibility index (Phi) is 20.1. The van der Waals surface area contributed by atoms with Crippen molar-refractivity contribution >= 4 is 41.1 Å². The summed E-state index contributed by atoms with van der Waals surface area (Å²) < 4.78 is 28.0. The van der Waals surface area contributed by atoms with Crippen LogP contribution in [0, 0.1) is 98.2 Å². The van der Waals surface area contributed by atoms with Crippen molar-refractivity contribution in [3.63, 3.8) is 0 Å². The summed E-state index contributed by atoms with van der Waals surface area (Å²) in [5.74, 6) is 2.94. The van der Waals surface area contributed by atoms with Crippen LogP contribution in [-0.4, -0.2) is 123 Å². The van der Waals surface area contributed by atoms with Crippen LogP contribution >= 0.6 is 11.6 Å². The Bertz CT molecular complexity index is 3020. The van der Waals surface area contributed by atoms with E-state index in [9.17, 15) is 19.6 Å². The van der Waals surface area contributed by atoms with Gasteiger partial charge in [-0.1, -0.05) is 54.7 Å². The van der Waals surface area contributed by atoms with Gasteiger partial charge in [0.25, 0.3) is 5.91 Å². The third-order valence-electron chi connectivity index (χ3n) is 19.5. The van der Waals surface area contributed by atoms with Crippen LogP contribution in [0.15, 0.2) is 0 Å². The highest BCUT2D eigenvalue weighted by atomic mass is 35.5. The quantitative estimate of drug-likeness (QED) is 0.120. The number of hydrogen-bond donors (Lipinski definition) is 2. The molecule has 10 aliphatic rings. The first-order chi connectivity index (χ1) is 38.1. The Hall–Kier alpha value is -5.43. The van der Waals surface area contributed by atoms with Gasteiger partial charge in [0.2, 0.25) is 0 Å². The average Bonchev–Trinajstić information content (AvgIpc) is 3.34. The van der Waals surface area contributed by atoms with Gasteiger partial charge in [-0.05, 0) is 175 Å². The van der Waals surface area contributed by atoms with Crippen LogP contribution in [0.1, 0.15) is 202 Å². The fourth-order valence-electron chi connectivity index (χ4n) is 12.3. The number of carbonyl (C=O) groups excluding carboxylic acids is 3. The number of nitrogens with zero attached hydrogens (tertiary/aromatic N) is 7. The SMILES string of the molecule is C.C.C.CC1(COC2CCNC3CC32)CC1.COC(=O)c1c(C#N)nc(Cl)c(C)c1C.COC(=O)c1c(C#N)nc(N2CCC(OCC3(C)CC3)C3CC32)c(C)c1C.Cc1c(N2CCC(OCC3(C)CC3)C3CC32)nc2c(c1C)C(=O)NC2. The van der Waals surface area contributed by atoms with Crippen molar-refractivity contribution in [1.82, 2.24) is 25.6 Å². The minimum absolute atomic E-state index is 0. The normalized spacial score (nSPS) is 27.3. The molecule has 3 aromatic rings. The molecule has 6 aliphatic carbocycles. The number of methoxy groups -OCH3 is 2. The van der Waals surface area contributed by atoms with Gasteiger partial charge in [-0.15, -0.1) is 0 Å². The first-order valence-corrected chi connectivity index (χ1v) is 29.6. The minimum atomic E-state index is -0.573. The van der Waals surface area contributed by atoms with Crippen LogP contribution < -0.4 is 20.4 Å². The number of amides is 1. The van der Waals surface area contributed by atoms with E-state index < -0.39 is 11.9 Å². The molecule has 9 unspecified atom stereocenters. The van der Waals surface area contributed by atoms with E-state index in [0.717, 1.165) is 109 Å². The van der Waals surface area contributed by atoms with Crippen molar-refractivity contribution in [1.29, 1.82) is 10.5 Å². The number of ether oxygens (including phenoxy) is 5. The Labute approximate surface area is 499 Å². The third kappa shape index (κ3) is 14.0. The molecule has 13 rings (SSSR count). The summed E-state index contributed by atoms with van der Waals surface area (Å²) in [4.78, 5) is 53.6. The molecule has 2 N–H and O–H groups in total. The van der Waals surface area contributed by atoms with Crippen molar-refractivity contribution in [3.8, 4) is 12.1 Å². The minimum Gasteiger partial charge on any atom is -0.465 e. The fraction of sp³-hybridized carbons (Fsp3) is 0.692. The fourth-order valence-corrected chi connectivity index (χ4v) is 12.5. The molecule has 3 saturated heterocycles. The summed E-state index contributed by atoms with van der Waals surface area (Å²) >= 11 is 5.80. The van der Waals surface area contributed by atoms with Gasteiger partial charge in [0.1, 0.15) is 28.9 Å². The molecular weight excluding hydrogens is 1070 g/mol. The smallest absolute Gasteiger partial charge is 0.341 e. The number of piperidine rings is 3. The standard InChI is InChI=1S/C21H27N3O3.C20H27N3O2.C11H19NO.C10H9ClN2O2.3CH4/c1-12-13(2)19(23-15(10-22)18(12)20(25)26-4)24-8-5-17(14-9-16(14)24)27-11-21(3)6-7-21;1-11-12(2)18(22-14-9-21-19(24)17(11)14)23-7-4-16(13-8-15(13)23)25-10-20(3)5-6-20;1-11(3-4-11)7-13-10-2-5-12-9-6-8(9)10;1-5-6(2)9(11)13-7(4-12)8(5)10(14)15-3;;;/h14,16-17H,5-9,11H2,1-4H3;13,15-16H,4-10H2,1-3H3,(H,21,24);8-10,12H,2-7H2,1H3;1-3H3;3*1H4. The van der Waals surface area contributed by atoms with Crippen molar-refractivity contribution in [3.05, 3.63) is 72.3 Å². The van der Waals surface area contributed by atoms with Crippen molar-refractivity contribution in [2.45, 2.75) is 205 Å². The molecule has 9 atom stereocenters. The summed E-state index contributed by atoms with van der Waals surface area (Å²) in [6.45, 7) is 24.9. The van der Waals surface area contributed by atoms with Crippen LogP contribution in [-0.2, 0) is 30.2 Å². The first kappa shape index (κ1) is 65.1. The van der Waals surface area contributed by atoms with E-state index in [1.165, 1.54) is 78.6 Å². The number of halogens is 1. The van der Waals surface area contributed by atoms with Crippen LogP contribution in [0.3, 0.4) is 0 Å². The lowest BCUT2D eigenvalue weighted by atomic mass is 10.0. The predicted octanol–water partition coefficient (Wildman–Crippen LogP) is 11.3. The third-order valence-corrected chi connectivity index (χ3v) is 19.8. The molecule has 0 radical (unpaired) electrons. The number of fused-ring (bicyclic) bond motifs is 4. The molecule has 9 fully saturated rings. The lowest BCUT2D eigenvalue weighted by Gasteiger charge is -2.34. The molecule has 0 bridgehead atoms. The average molecular weight is 1160 g/mol. The van der Waals surface area contributed by atoms with Crippen LogP contribution in [0.2, 0.25) is 5.15 Å². The Morgan fingerprint density at radius 2 is 1.05 bits per heavy atom. The molecule has 1 amide bonds. The second kappa shape index (κ2) is 25.6. The van der Waals surface area contributed by atoms with E-state index in [0.29, 0.717) is 76.1 Å². The van der Waals surface area contributed by atoms with E-state index in [1.807, 2.05) is 19.9 Å². The number of rotatable bonds is 13. The maximum atomic E-state index is 12.1. The molecule has 3 aromatic heterocycles. The predicted molar refractivity (Wildman–Crippen MR) is 323 cm³/mol. The first-order valence-electron chi connectivity index (χ1n) is 29.2. The number of anilines is 2. The summed E-state index contributed by atoms with van der Waals surface area (Å²) in [5, 5.41) is 25.0. The zero-order chi connectivity index (χ0) is 57.2. The molecule has 0 aromatic carbocycles. The highest BCUT2D eigenvalue weighted by Gasteiger charge is 2.54. The molecule has 6 saturated carbocycles. The monoisotopic (exact) mass is 1160 g/mol. The van der Waals surface area contributed by atoms with Gasteiger partial charge in [0.05, 0.1) is 81.3 Å². The molecule has 7 heterocycles. The van der Waals surface area contributed by atoms with Gasteiger partial charge in [-0.2, -0.15) is 10.5 Å². The van der Waals surface area contributed by atoms with Gasteiger partial charge in [-0.25, -0.2) is 24.5 Å². The van der Waals surface area contributed by atoms with E-state index in [1.54, 1.807) is 13.8 Å².